The molecule has 8 heteroatoms. The van der Waals surface area contributed by atoms with Crippen molar-refractivity contribution in [1.82, 2.24) is 29.2 Å². The average Bonchev–Trinajstić information content (AvgIpc) is 2.84. The van der Waals surface area contributed by atoms with Gasteiger partial charge in [0.25, 0.3) is 5.56 Å². The van der Waals surface area contributed by atoms with Crippen LogP contribution in [0.1, 0.15) is 22.6 Å². The summed E-state index contributed by atoms with van der Waals surface area (Å²) in [7, 11) is 0. The number of aromatic amines is 1. The number of nitrogens with two attached hydrogens (primary N) is 1. The summed E-state index contributed by atoms with van der Waals surface area (Å²) in [6, 6.07) is 1.89. The number of imidazole rings is 1. The molecule has 8 nitrogen and oxygen atoms in total. The van der Waals surface area contributed by atoms with Crippen molar-refractivity contribution in [3.63, 3.8) is 0 Å². The van der Waals surface area contributed by atoms with Gasteiger partial charge in [0.15, 0.2) is 0 Å². The normalized spacial score (nSPS) is 15.0. The van der Waals surface area contributed by atoms with Crippen molar-refractivity contribution in [3.05, 3.63) is 51.5 Å². The van der Waals surface area contributed by atoms with E-state index < -0.39 is 0 Å². The van der Waals surface area contributed by atoms with Gasteiger partial charge in [-0.2, -0.15) is 0 Å². The number of nitrogens with zero attached hydrogens (tertiary/aromatic N) is 5. The van der Waals surface area contributed by atoms with Gasteiger partial charge in [0, 0.05) is 38.4 Å². The Kier molecular flexibility index (Phi) is 3.12. The zero-order valence-corrected chi connectivity index (χ0v) is 12.8. The average molecular weight is 311 g/mol. The molecule has 0 saturated carbocycles. The second-order valence-electron chi connectivity index (χ2n) is 5.77. The number of anilines is 1. The van der Waals surface area contributed by atoms with Crippen LogP contribution in [0.3, 0.4) is 0 Å². The van der Waals surface area contributed by atoms with Crippen LogP contribution in [0.4, 0.5) is 5.95 Å². The van der Waals surface area contributed by atoms with Gasteiger partial charge in [-0.15, -0.1) is 0 Å². The van der Waals surface area contributed by atoms with Crippen molar-refractivity contribution >= 4 is 11.7 Å². The Hall–Kier alpha value is -2.74. The monoisotopic (exact) mass is 311 g/mol. The third kappa shape index (κ3) is 2.36. The Balaban J connectivity index is 1.65. The topological polar surface area (TPSA) is 105 Å². The molecule has 1 aliphatic heterocycles. The van der Waals surface area contributed by atoms with Gasteiger partial charge < -0.3 is 5.73 Å². The molecule has 0 bridgehead atoms. The predicted molar refractivity (Wildman–Crippen MR) is 84.8 cm³/mol. The minimum absolute atomic E-state index is 0.145. The van der Waals surface area contributed by atoms with E-state index in [1.165, 1.54) is 0 Å². The van der Waals surface area contributed by atoms with Gasteiger partial charge in [-0.25, -0.2) is 15.0 Å². The fourth-order valence-electron chi connectivity index (χ4n) is 3.08. The lowest BCUT2D eigenvalue weighted by molar-refractivity contribution is 0.238. The third-order valence-corrected chi connectivity index (χ3v) is 4.24. The highest BCUT2D eigenvalue weighted by Gasteiger charge is 2.22. The van der Waals surface area contributed by atoms with Gasteiger partial charge >= 0.3 is 0 Å². The lowest BCUT2D eigenvalue weighted by Gasteiger charge is -2.27. The van der Waals surface area contributed by atoms with Crippen LogP contribution in [0.25, 0.3) is 5.78 Å². The number of aryl methyl sites for hydroxylation is 1. The molecule has 0 saturated heterocycles. The van der Waals surface area contributed by atoms with Crippen molar-refractivity contribution in [2.75, 3.05) is 12.3 Å². The van der Waals surface area contributed by atoms with Crippen LogP contribution >= 0.6 is 0 Å². The Morgan fingerprint density at radius 2 is 2.26 bits per heavy atom. The van der Waals surface area contributed by atoms with Gasteiger partial charge in [0.05, 0.1) is 22.6 Å². The smallest absolute Gasteiger partial charge is 0.257 e. The van der Waals surface area contributed by atoms with E-state index in [-0.39, 0.29) is 11.5 Å². The lowest BCUT2D eigenvalue weighted by atomic mass is 10.1. The molecule has 23 heavy (non-hydrogen) atoms. The minimum Gasteiger partial charge on any atom is -0.369 e. The summed E-state index contributed by atoms with van der Waals surface area (Å²) in [4.78, 5) is 29.9. The first-order valence-corrected chi connectivity index (χ1v) is 7.50. The first kappa shape index (κ1) is 13.9. The Morgan fingerprint density at radius 3 is 3.13 bits per heavy atom. The molecule has 118 valence electrons. The number of nitrogens with one attached hydrogen (secondary N) is 1. The van der Waals surface area contributed by atoms with E-state index in [1.807, 2.05) is 23.6 Å². The molecule has 0 atom stereocenters. The highest BCUT2D eigenvalue weighted by molar-refractivity contribution is 5.35. The number of H-pyrrole nitrogens is 1. The van der Waals surface area contributed by atoms with Crippen LogP contribution in [0, 0.1) is 6.92 Å². The number of nitrogen functional groups attached to an aromatic ring is 1. The molecular formula is C15H17N7O. The second-order valence-corrected chi connectivity index (χ2v) is 5.77. The zero-order chi connectivity index (χ0) is 16.0. The Labute approximate surface area is 132 Å². The number of aromatic nitrogens is 5. The molecule has 3 aromatic heterocycles. The largest absolute Gasteiger partial charge is 0.369 e. The number of rotatable bonds is 2. The molecule has 3 aromatic rings. The highest BCUT2D eigenvalue weighted by Crippen LogP contribution is 2.19. The van der Waals surface area contributed by atoms with E-state index in [9.17, 15) is 4.79 Å². The summed E-state index contributed by atoms with van der Waals surface area (Å²) in [6.45, 7) is 4.08. The maximum absolute atomic E-state index is 12.1. The molecule has 4 rings (SSSR count). The van der Waals surface area contributed by atoms with E-state index >= 15 is 0 Å². The van der Waals surface area contributed by atoms with Crippen LogP contribution in [0.2, 0.25) is 0 Å². The number of hydrogen-bond acceptors (Lipinski definition) is 6. The van der Waals surface area contributed by atoms with Crippen LogP contribution in [-0.4, -0.2) is 35.8 Å². The van der Waals surface area contributed by atoms with E-state index in [1.54, 1.807) is 6.20 Å². The van der Waals surface area contributed by atoms with Gasteiger partial charge in [0.1, 0.15) is 0 Å². The second kappa shape index (κ2) is 5.17. The molecule has 3 N–H and O–H groups in total. The van der Waals surface area contributed by atoms with Crippen molar-refractivity contribution in [2.45, 2.75) is 26.4 Å². The zero-order valence-electron chi connectivity index (χ0n) is 12.8. The minimum atomic E-state index is -0.145. The standard InChI is InChI=1S/C15H17N7O/c1-9-12(22-5-2-4-17-15(22)18-9)8-21-6-3-11-10(7-21)13(23)20-14(16)19-11/h2,4-5H,3,6-8H2,1H3,(H3,16,19,20,23). The predicted octanol–water partition coefficient (Wildman–Crippen LogP) is 0.262. The fourth-order valence-corrected chi connectivity index (χ4v) is 3.08. The molecule has 0 amide bonds. The van der Waals surface area contributed by atoms with E-state index in [0.29, 0.717) is 24.4 Å². The summed E-state index contributed by atoms with van der Waals surface area (Å²) in [5.74, 6) is 0.885. The summed E-state index contributed by atoms with van der Waals surface area (Å²) in [5, 5.41) is 0. The lowest BCUT2D eigenvalue weighted by Crippen LogP contribution is -2.36. The summed E-state index contributed by atoms with van der Waals surface area (Å²) < 4.78 is 2.00. The third-order valence-electron chi connectivity index (χ3n) is 4.24. The van der Waals surface area contributed by atoms with E-state index in [0.717, 1.165) is 30.0 Å². The van der Waals surface area contributed by atoms with Crippen LogP contribution in [-0.2, 0) is 19.5 Å². The first-order chi connectivity index (χ1) is 11.1. The van der Waals surface area contributed by atoms with Crippen LogP contribution < -0.4 is 11.3 Å². The van der Waals surface area contributed by atoms with E-state index in [4.69, 9.17) is 5.73 Å². The summed E-state index contributed by atoms with van der Waals surface area (Å²) in [6.07, 6.45) is 4.42. The molecule has 4 heterocycles. The molecular weight excluding hydrogens is 294 g/mol. The maximum atomic E-state index is 12.1. The van der Waals surface area contributed by atoms with Crippen LogP contribution in [0.15, 0.2) is 23.3 Å². The highest BCUT2D eigenvalue weighted by atomic mass is 16.1. The van der Waals surface area contributed by atoms with Crippen molar-refractivity contribution in [1.29, 1.82) is 0 Å². The van der Waals surface area contributed by atoms with Gasteiger partial charge in [-0.1, -0.05) is 0 Å². The molecule has 0 spiro atoms. The molecule has 0 aromatic carbocycles. The van der Waals surface area contributed by atoms with Gasteiger partial charge in [-0.3, -0.25) is 19.1 Å². The quantitative estimate of drug-likeness (QED) is 0.703. The van der Waals surface area contributed by atoms with Gasteiger partial charge in [-0.05, 0) is 13.0 Å². The Morgan fingerprint density at radius 1 is 1.39 bits per heavy atom. The molecule has 0 radical (unpaired) electrons. The molecule has 1 aliphatic rings. The van der Waals surface area contributed by atoms with E-state index in [2.05, 4.69) is 24.8 Å². The van der Waals surface area contributed by atoms with Crippen molar-refractivity contribution < 1.29 is 0 Å². The van der Waals surface area contributed by atoms with Gasteiger partial charge in [0.2, 0.25) is 11.7 Å². The number of fused-ring (bicyclic) bond motifs is 2. The first-order valence-electron chi connectivity index (χ1n) is 7.50. The Bertz CT molecular complexity index is 943. The maximum Gasteiger partial charge on any atom is 0.257 e. The molecule has 0 aliphatic carbocycles. The summed E-state index contributed by atoms with van der Waals surface area (Å²) >= 11 is 0. The molecule has 0 unspecified atom stereocenters. The van der Waals surface area contributed by atoms with Crippen molar-refractivity contribution in [3.8, 4) is 0 Å². The fraction of sp³-hybridized carbons (Fsp3) is 0.333. The number of hydrogen-bond donors (Lipinski definition) is 2. The SMILES string of the molecule is Cc1nc2ncccn2c1CN1CCc2nc(N)[nH]c(=O)c2C1. The summed E-state index contributed by atoms with van der Waals surface area (Å²) in [5.41, 5.74) is 9.03. The molecule has 0 fully saturated rings. The van der Waals surface area contributed by atoms with Crippen molar-refractivity contribution in [2.24, 2.45) is 0 Å². The van der Waals surface area contributed by atoms with Crippen LogP contribution in [0.5, 0.6) is 0 Å².